The second-order valence-electron chi connectivity index (χ2n) is 8.81. The zero-order valence-electron chi connectivity index (χ0n) is 19.4. The summed E-state index contributed by atoms with van der Waals surface area (Å²) in [5.74, 6) is -3.65. The van der Waals surface area contributed by atoms with E-state index < -0.39 is 17.5 Å². The van der Waals surface area contributed by atoms with Crippen LogP contribution in [0.3, 0.4) is 0 Å². The molecule has 0 bridgehead atoms. The average molecular weight is 480 g/mol. The summed E-state index contributed by atoms with van der Waals surface area (Å²) in [5, 5.41) is 0. The Labute approximate surface area is 201 Å². The van der Waals surface area contributed by atoms with Gasteiger partial charge < -0.3 is 14.2 Å². The lowest BCUT2D eigenvalue weighted by Crippen LogP contribution is -2.45. The van der Waals surface area contributed by atoms with Crippen LogP contribution < -0.4 is 4.74 Å². The third kappa shape index (κ3) is 4.24. The van der Waals surface area contributed by atoms with Gasteiger partial charge >= 0.3 is 0 Å². The molecule has 1 fully saturated rings. The first-order valence-corrected chi connectivity index (χ1v) is 11.4. The van der Waals surface area contributed by atoms with E-state index in [1.165, 1.54) is 0 Å². The van der Waals surface area contributed by atoms with Gasteiger partial charge in [-0.3, -0.25) is 4.79 Å². The number of rotatable bonds is 4. The van der Waals surface area contributed by atoms with Gasteiger partial charge in [0.2, 0.25) is 0 Å². The molecule has 3 heterocycles. The third-order valence-electron chi connectivity index (χ3n) is 6.52. The number of hydrogen-bond donors (Lipinski definition) is 0. The molecule has 2 aliphatic rings. The van der Waals surface area contributed by atoms with E-state index in [1.807, 2.05) is 42.0 Å². The summed E-state index contributed by atoms with van der Waals surface area (Å²) in [7, 11) is 1.58. The monoisotopic (exact) mass is 479 g/mol. The van der Waals surface area contributed by atoms with Gasteiger partial charge in [0.15, 0.2) is 17.5 Å². The Hall–Kier alpha value is -3.81. The Balaban J connectivity index is 1.48. The normalized spacial score (nSPS) is 19.1. The molecule has 2 aromatic carbocycles. The molecule has 1 aromatic heterocycles. The van der Waals surface area contributed by atoms with Crippen molar-refractivity contribution < 1.29 is 22.7 Å². The third-order valence-corrected chi connectivity index (χ3v) is 6.52. The highest BCUT2D eigenvalue weighted by Gasteiger charge is 2.36. The zero-order chi connectivity index (χ0) is 24.7. The van der Waals surface area contributed by atoms with Gasteiger partial charge in [-0.15, -0.1) is 0 Å². The number of carbonyl (C=O) groups excluding carboxylic acids is 1. The van der Waals surface area contributed by atoms with Gasteiger partial charge in [-0.1, -0.05) is 12.1 Å². The van der Waals surface area contributed by atoms with Crippen LogP contribution in [-0.2, 0) is 4.79 Å². The SMILES string of the molecule is COc1cc(C=C2CCC3CCC=C(c4cc(F)c(F)c(F)c4)N3C2=O)ccc1-n1cnc(C)c1. The predicted octanol–water partition coefficient (Wildman–Crippen LogP) is 5.82. The van der Waals surface area contributed by atoms with E-state index in [0.717, 1.165) is 41.9 Å². The lowest BCUT2D eigenvalue weighted by atomic mass is 9.88. The van der Waals surface area contributed by atoms with Gasteiger partial charge in [0.25, 0.3) is 5.91 Å². The number of ether oxygens (including phenoxy) is 1. The van der Waals surface area contributed by atoms with E-state index in [1.54, 1.807) is 24.4 Å². The highest BCUT2D eigenvalue weighted by atomic mass is 19.2. The molecule has 3 aromatic rings. The maximum absolute atomic E-state index is 13.9. The van der Waals surface area contributed by atoms with Crippen LogP contribution in [0.4, 0.5) is 13.2 Å². The Morgan fingerprint density at radius 1 is 1.11 bits per heavy atom. The molecule has 1 unspecified atom stereocenters. The maximum atomic E-state index is 13.9. The number of hydrogen-bond acceptors (Lipinski definition) is 3. The van der Waals surface area contributed by atoms with Gasteiger partial charge in [0.05, 0.1) is 24.8 Å². The quantitative estimate of drug-likeness (QED) is 0.350. The van der Waals surface area contributed by atoms with E-state index in [-0.39, 0.29) is 17.5 Å². The first kappa shape index (κ1) is 23.0. The van der Waals surface area contributed by atoms with Crippen LogP contribution in [0.5, 0.6) is 5.75 Å². The minimum atomic E-state index is -1.52. The number of amides is 1. The van der Waals surface area contributed by atoms with E-state index in [0.29, 0.717) is 29.9 Å². The minimum Gasteiger partial charge on any atom is -0.495 e. The van der Waals surface area contributed by atoms with Crippen LogP contribution in [0.15, 0.2) is 54.5 Å². The molecule has 8 heteroatoms. The molecule has 2 aliphatic heterocycles. The molecule has 0 radical (unpaired) electrons. The Morgan fingerprint density at radius 3 is 2.57 bits per heavy atom. The standard InChI is InChI=1S/C27H24F3N3O2/c1-16-14-32(15-31-16)24-9-6-17(11-25(24)35-2)10-18-7-8-20-4-3-5-23(33(20)27(18)34)19-12-21(28)26(30)22(29)13-19/h5-6,9-15,20H,3-4,7-8H2,1-2H3. The van der Waals surface area contributed by atoms with Crippen LogP contribution >= 0.6 is 0 Å². The molecule has 5 nitrogen and oxygen atoms in total. The second kappa shape index (κ2) is 9.09. The minimum absolute atomic E-state index is 0.0720. The first-order chi connectivity index (χ1) is 16.9. The van der Waals surface area contributed by atoms with Crippen molar-refractivity contribution in [1.29, 1.82) is 0 Å². The number of aryl methyl sites for hydroxylation is 1. The number of carbonyl (C=O) groups is 1. The van der Waals surface area contributed by atoms with Gasteiger partial charge in [-0.25, -0.2) is 18.2 Å². The second-order valence-corrected chi connectivity index (χ2v) is 8.81. The van der Waals surface area contributed by atoms with E-state index in [4.69, 9.17) is 4.74 Å². The number of benzene rings is 2. The van der Waals surface area contributed by atoms with Crippen LogP contribution in [0.25, 0.3) is 17.5 Å². The van der Waals surface area contributed by atoms with Crippen molar-refractivity contribution in [2.24, 2.45) is 0 Å². The fraction of sp³-hybridized carbons (Fsp3) is 0.259. The number of allylic oxidation sites excluding steroid dienone is 1. The lowest BCUT2D eigenvalue weighted by molar-refractivity contribution is -0.127. The van der Waals surface area contributed by atoms with E-state index >= 15 is 0 Å². The summed E-state index contributed by atoms with van der Waals surface area (Å²) in [6, 6.07) is 7.47. The van der Waals surface area contributed by atoms with Gasteiger partial charge in [-0.05, 0) is 68.5 Å². The molecule has 35 heavy (non-hydrogen) atoms. The summed E-state index contributed by atoms with van der Waals surface area (Å²) < 4.78 is 48.8. The molecule has 1 atom stereocenters. The number of nitrogens with zero attached hydrogens (tertiary/aromatic N) is 3. The summed E-state index contributed by atoms with van der Waals surface area (Å²) in [5.41, 5.74) is 3.66. The number of piperidine rings is 1. The maximum Gasteiger partial charge on any atom is 0.254 e. The Bertz CT molecular complexity index is 1350. The number of aromatic nitrogens is 2. The number of methoxy groups -OCH3 is 1. The lowest BCUT2D eigenvalue weighted by Gasteiger charge is -2.41. The Kier molecular flexibility index (Phi) is 5.96. The molecule has 0 saturated carbocycles. The molecular weight excluding hydrogens is 455 g/mol. The van der Waals surface area contributed by atoms with Crippen LogP contribution in [0.2, 0.25) is 0 Å². The van der Waals surface area contributed by atoms with Crippen molar-refractivity contribution in [3.8, 4) is 11.4 Å². The zero-order valence-corrected chi connectivity index (χ0v) is 19.4. The van der Waals surface area contributed by atoms with E-state index in [9.17, 15) is 18.0 Å². The first-order valence-electron chi connectivity index (χ1n) is 11.4. The molecule has 5 rings (SSSR count). The average Bonchev–Trinajstić information content (AvgIpc) is 3.29. The molecular formula is C27H24F3N3O2. The molecule has 1 saturated heterocycles. The van der Waals surface area contributed by atoms with Gasteiger partial charge in [-0.2, -0.15) is 0 Å². The molecule has 180 valence electrons. The van der Waals surface area contributed by atoms with Crippen LogP contribution in [0.1, 0.15) is 42.5 Å². The van der Waals surface area contributed by atoms with Crippen LogP contribution in [0, 0.1) is 24.4 Å². The van der Waals surface area contributed by atoms with Crippen molar-refractivity contribution >= 4 is 17.7 Å². The van der Waals surface area contributed by atoms with Crippen molar-refractivity contribution in [3.63, 3.8) is 0 Å². The van der Waals surface area contributed by atoms with Gasteiger partial charge in [0, 0.05) is 29.1 Å². The van der Waals surface area contributed by atoms with Crippen molar-refractivity contribution in [2.45, 2.75) is 38.6 Å². The Morgan fingerprint density at radius 2 is 1.89 bits per heavy atom. The fourth-order valence-electron chi connectivity index (χ4n) is 4.81. The topological polar surface area (TPSA) is 47.4 Å². The molecule has 0 N–H and O–H groups in total. The fourth-order valence-corrected chi connectivity index (χ4v) is 4.81. The highest BCUT2D eigenvalue weighted by Crippen LogP contribution is 2.38. The van der Waals surface area contributed by atoms with E-state index in [2.05, 4.69) is 4.98 Å². The highest BCUT2D eigenvalue weighted by molar-refractivity contribution is 6.03. The summed E-state index contributed by atoms with van der Waals surface area (Å²) >= 11 is 0. The summed E-state index contributed by atoms with van der Waals surface area (Å²) in [4.78, 5) is 19.4. The molecule has 1 amide bonds. The molecule has 0 spiro atoms. The van der Waals surface area contributed by atoms with Gasteiger partial charge in [0.1, 0.15) is 5.75 Å². The number of imidazole rings is 1. The van der Waals surface area contributed by atoms with Crippen molar-refractivity contribution in [1.82, 2.24) is 14.5 Å². The van der Waals surface area contributed by atoms with Crippen molar-refractivity contribution in [3.05, 3.63) is 88.8 Å². The summed E-state index contributed by atoms with van der Waals surface area (Å²) in [6.07, 6.45) is 9.97. The predicted molar refractivity (Wildman–Crippen MR) is 126 cm³/mol. The van der Waals surface area contributed by atoms with Crippen molar-refractivity contribution in [2.75, 3.05) is 7.11 Å². The number of fused-ring (bicyclic) bond motifs is 1. The largest absolute Gasteiger partial charge is 0.495 e. The summed E-state index contributed by atoms with van der Waals surface area (Å²) in [6.45, 7) is 1.90. The smallest absolute Gasteiger partial charge is 0.254 e. The number of halogens is 3. The van der Waals surface area contributed by atoms with Crippen LogP contribution in [-0.4, -0.2) is 33.5 Å². The molecule has 0 aliphatic carbocycles.